The molecule has 3 rings (SSSR count). The van der Waals surface area contributed by atoms with Gasteiger partial charge < -0.3 is 5.32 Å². The smallest absolute Gasteiger partial charge is 0.0487 e. The summed E-state index contributed by atoms with van der Waals surface area (Å²) < 4.78 is 0. The van der Waals surface area contributed by atoms with Crippen molar-refractivity contribution in [2.45, 2.75) is 45.2 Å². The first-order valence-electron chi connectivity index (χ1n) is 7.75. The van der Waals surface area contributed by atoms with Crippen molar-refractivity contribution in [2.75, 3.05) is 0 Å². The normalized spacial score (nSPS) is 14.7. The zero-order valence-electron chi connectivity index (χ0n) is 12.7. The van der Waals surface area contributed by atoms with Gasteiger partial charge in [-0.1, -0.05) is 61.8 Å². The van der Waals surface area contributed by atoms with Crippen LogP contribution < -0.4 is 5.32 Å². The molecule has 2 heteroatoms. The van der Waals surface area contributed by atoms with Crippen LogP contribution in [0.25, 0.3) is 11.1 Å². The lowest BCUT2D eigenvalue weighted by molar-refractivity contribution is 0.688. The molecular formula is C19H22ClN. The van der Waals surface area contributed by atoms with Crippen LogP contribution >= 0.6 is 11.6 Å². The van der Waals surface area contributed by atoms with Crippen molar-refractivity contribution in [2.24, 2.45) is 0 Å². The number of rotatable bonds is 5. The van der Waals surface area contributed by atoms with E-state index in [1.807, 2.05) is 0 Å². The van der Waals surface area contributed by atoms with Crippen LogP contribution in [0.2, 0.25) is 5.02 Å². The monoisotopic (exact) mass is 299 g/mol. The van der Waals surface area contributed by atoms with Gasteiger partial charge in [0.05, 0.1) is 0 Å². The average Bonchev–Trinajstić information content (AvgIpc) is 3.29. The molecule has 1 aliphatic rings. The Kier molecular flexibility index (Phi) is 4.32. The van der Waals surface area contributed by atoms with E-state index in [4.69, 9.17) is 11.6 Å². The molecule has 0 spiro atoms. The minimum absolute atomic E-state index is 0.561. The van der Waals surface area contributed by atoms with Crippen LogP contribution in [0.3, 0.4) is 0 Å². The number of benzene rings is 2. The standard InChI is InChI=1S/C19H22ClN/c1-13(2)15-4-6-16(7-5-15)18-10-3-14(11-19(18)20)12-21-17-8-9-17/h3-7,10-11,13,17,21H,8-9,12H2,1-2H3. The fourth-order valence-electron chi connectivity index (χ4n) is 2.50. The average molecular weight is 300 g/mol. The summed E-state index contributed by atoms with van der Waals surface area (Å²) in [7, 11) is 0. The van der Waals surface area contributed by atoms with Crippen molar-refractivity contribution in [3.8, 4) is 11.1 Å². The lowest BCUT2D eigenvalue weighted by Gasteiger charge is -2.10. The molecule has 1 nitrogen and oxygen atoms in total. The van der Waals surface area contributed by atoms with E-state index in [9.17, 15) is 0 Å². The van der Waals surface area contributed by atoms with E-state index in [-0.39, 0.29) is 0 Å². The van der Waals surface area contributed by atoms with Crippen LogP contribution in [0.1, 0.15) is 43.7 Å². The third kappa shape index (κ3) is 3.66. The third-order valence-corrected chi connectivity index (χ3v) is 4.41. The molecule has 0 unspecified atom stereocenters. The maximum atomic E-state index is 6.47. The first kappa shape index (κ1) is 14.6. The van der Waals surface area contributed by atoms with Crippen LogP contribution in [0, 0.1) is 0 Å². The SMILES string of the molecule is CC(C)c1ccc(-c2ccc(CNC3CC3)cc2Cl)cc1. The Hall–Kier alpha value is -1.31. The van der Waals surface area contributed by atoms with E-state index in [1.165, 1.54) is 29.5 Å². The summed E-state index contributed by atoms with van der Waals surface area (Å²) in [5.74, 6) is 0.561. The quantitative estimate of drug-likeness (QED) is 0.781. The van der Waals surface area contributed by atoms with Gasteiger partial charge in [0.25, 0.3) is 0 Å². The van der Waals surface area contributed by atoms with E-state index in [0.717, 1.165) is 23.2 Å². The van der Waals surface area contributed by atoms with Gasteiger partial charge in [-0.15, -0.1) is 0 Å². The number of hydrogen-bond donors (Lipinski definition) is 1. The third-order valence-electron chi connectivity index (χ3n) is 4.09. The van der Waals surface area contributed by atoms with Gasteiger partial charge in [0.15, 0.2) is 0 Å². The highest BCUT2D eigenvalue weighted by molar-refractivity contribution is 6.33. The minimum Gasteiger partial charge on any atom is -0.310 e. The summed E-state index contributed by atoms with van der Waals surface area (Å²) in [5.41, 5.74) is 4.92. The van der Waals surface area contributed by atoms with Crippen molar-refractivity contribution in [3.05, 3.63) is 58.6 Å². The first-order chi connectivity index (χ1) is 10.1. The molecule has 0 aliphatic heterocycles. The summed E-state index contributed by atoms with van der Waals surface area (Å²) in [6.45, 7) is 5.34. The van der Waals surface area contributed by atoms with Gasteiger partial charge in [0.1, 0.15) is 0 Å². The van der Waals surface area contributed by atoms with Crippen LogP contribution in [0.15, 0.2) is 42.5 Å². The second-order valence-electron chi connectivity index (χ2n) is 6.25. The fourth-order valence-corrected chi connectivity index (χ4v) is 2.81. The van der Waals surface area contributed by atoms with Crippen molar-refractivity contribution in [3.63, 3.8) is 0 Å². The summed E-state index contributed by atoms with van der Waals surface area (Å²) >= 11 is 6.47. The highest BCUT2D eigenvalue weighted by Gasteiger charge is 2.20. The zero-order chi connectivity index (χ0) is 14.8. The number of halogens is 1. The highest BCUT2D eigenvalue weighted by atomic mass is 35.5. The zero-order valence-corrected chi connectivity index (χ0v) is 13.5. The van der Waals surface area contributed by atoms with Gasteiger partial charge >= 0.3 is 0 Å². The lowest BCUT2D eigenvalue weighted by Crippen LogP contribution is -2.15. The molecular weight excluding hydrogens is 278 g/mol. The molecule has 1 fully saturated rings. The lowest BCUT2D eigenvalue weighted by atomic mass is 9.98. The van der Waals surface area contributed by atoms with Gasteiger partial charge in [-0.2, -0.15) is 0 Å². The van der Waals surface area contributed by atoms with Crippen molar-refractivity contribution in [1.82, 2.24) is 5.32 Å². The molecule has 0 bridgehead atoms. The molecule has 2 aromatic rings. The van der Waals surface area contributed by atoms with Crippen LogP contribution in [0.5, 0.6) is 0 Å². The second-order valence-corrected chi connectivity index (χ2v) is 6.65. The molecule has 0 heterocycles. The molecule has 1 aliphatic carbocycles. The van der Waals surface area contributed by atoms with E-state index in [1.54, 1.807) is 0 Å². The van der Waals surface area contributed by atoms with Gasteiger partial charge in [0.2, 0.25) is 0 Å². The van der Waals surface area contributed by atoms with Crippen molar-refractivity contribution >= 4 is 11.6 Å². The minimum atomic E-state index is 0.561. The number of nitrogens with one attached hydrogen (secondary N) is 1. The first-order valence-corrected chi connectivity index (χ1v) is 8.13. The molecule has 0 amide bonds. The molecule has 1 N–H and O–H groups in total. The summed E-state index contributed by atoms with van der Waals surface area (Å²) in [6.07, 6.45) is 2.63. The predicted molar refractivity (Wildman–Crippen MR) is 90.8 cm³/mol. The van der Waals surface area contributed by atoms with Gasteiger partial charge in [-0.05, 0) is 41.5 Å². The van der Waals surface area contributed by atoms with Gasteiger partial charge in [-0.25, -0.2) is 0 Å². The largest absolute Gasteiger partial charge is 0.310 e. The fraction of sp³-hybridized carbons (Fsp3) is 0.368. The maximum Gasteiger partial charge on any atom is 0.0487 e. The predicted octanol–water partition coefficient (Wildman–Crippen LogP) is 5.38. The van der Waals surface area contributed by atoms with E-state index in [2.05, 4.69) is 61.6 Å². The Morgan fingerprint density at radius 2 is 1.81 bits per heavy atom. The molecule has 2 aromatic carbocycles. The molecule has 110 valence electrons. The van der Waals surface area contributed by atoms with E-state index >= 15 is 0 Å². The molecule has 1 saturated carbocycles. The Labute approximate surface area is 132 Å². The van der Waals surface area contributed by atoms with Crippen LogP contribution in [-0.2, 0) is 6.54 Å². The van der Waals surface area contributed by atoms with Crippen LogP contribution in [-0.4, -0.2) is 6.04 Å². The Morgan fingerprint density at radius 1 is 1.10 bits per heavy atom. The number of hydrogen-bond acceptors (Lipinski definition) is 1. The molecule has 0 radical (unpaired) electrons. The van der Waals surface area contributed by atoms with Gasteiger partial charge in [-0.3, -0.25) is 0 Å². The second kappa shape index (κ2) is 6.21. The Morgan fingerprint density at radius 3 is 2.38 bits per heavy atom. The van der Waals surface area contributed by atoms with Crippen molar-refractivity contribution in [1.29, 1.82) is 0 Å². The summed E-state index contributed by atoms with van der Waals surface area (Å²) in [6, 6.07) is 15.8. The topological polar surface area (TPSA) is 12.0 Å². The van der Waals surface area contributed by atoms with Crippen molar-refractivity contribution < 1.29 is 0 Å². The van der Waals surface area contributed by atoms with E-state index < -0.39 is 0 Å². The van der Waals surface area contributed by atoms with E-state index in [0.29, 0.717) is 5.92 Å². The molecule has 21 heavy (non-hydrogen) atoms. The Bertz CT molecular complexity index is 612. The highest BCUT2D eigenvalue weighted by Crippen LogP contribution is 2.30. The van der Waals surface area contributed by atoms with Gasteiger partial charge in [0, 0.05) is 23.2 Å². The molecule has 0 atom stereocenters. The summed E-state index contributed by atoms with van der Waals surface area (Å²) in [4.78, 5) is 0. The maximum absolute atomic E-state index is 6.47. The Balaban J connectivity index is 1.77. The molecule has 0 aromatic heterocycles. The molecule has 0 saturated heterocycles. The van der Waals surface area contributed by atoms with Crippen LogP contribution in [0.4, 0.5) is 0 Å². The summed E-state index contributed by atoms with van der Waals surface area (Å²) in [5, 5.41) is 4.36.